The highest BCUT2D eigenvalue weighted by atomic mass is 16.1. The summed E-state index contributed by atoms with van der Waals surface area (Å²) in [6.07, 6.45) is 3.06. The lowest BCUT2D eigenvalue weighted by Crippen LogP contribution is -1.98. The average molecular weight is 353 g/mol. The molecule has 0 atom stereocenters. The van der Waals surface area contributed by atoms with E-state index in [9.17, 15) is 4.79 Å². The minimum Gasteiger partial charge on any atom is -0.309 e. The van der Waals surface area contributed by atoms with Gasteiger partial charge in [-0.3, -0.25) is 4.79 Å². The van der Waals surface area contributed by atoms with Gasteiger partial charge in [0, 0.05) is 22.9 Å². The van der Waals surface area contributed by atoms with E-state index in [-0.39, 0.29) is 5.78 Å². The van der Waals surface area contributed by atoms with E-state index in [0.29, 0.717) is 6.42 Å². The van der Waals surface area contributed by atoms with Crippen molar-refractivity contribution in [3.05, 3.63) is 90.0 Å². The third-order valence-electron chi connectivity index (χ3n) is 4.88. The highest BCUT2D eigenvalue weighted by molar-refractivity contribution is 6.09. The second kappa shape index (κ2) is 7.24. The van der Waals surface area contributed by atoms with Crippen LogP contribution >= 0.6 is 0 Å². The summed E-state index contributed by atoms with van der Waals surface area (Å²) in [5, 5.41) is 2.54. The molecule has 4 aromatic rings. The first-order valence-corrected chi connectivity index (χ1v) is 9.39. The monoisotopic (exact) mass is 353 g/mol. The van der Waals surface area contributed by atoms with E-state index in [4.69, 9.17) is 0 Å². The van der Waals surface area contributed by atoms with E-state index in [0.717, 1.165) is 17.7 Å². The van der Waals surface area contributed by atoms with Crippen molar-refractivity contribution in [1.29, 1.82) is 0 Å². The molecule has 1 aromatic heterocycles. The number of nitrogens with zero attached hydrogens (tertiary/aromatic N) is 1. The number of hydrogen-bond acceptors (Lipinski definition) is 1. The van der Waals surface area contributed by atoms with Crippen LogP contribution in [0, 0.1) is 0 Å². The summed E-state index contributed by atoms with van der Waals surface area (Å²) < 4.78 is 2.31. The summed E-state index contributed by atoms with van der Waals surface area (Å²) >= 11 is 0. The van der Waals surface area contributed by atoms with Gasteiger partial charge in [0.25, 0.3) is 0 Å². The van der Waals surface area contributed by atoms with Crippen molar-refractivity contribution in [3.8, 4) is 5.69 Å². The molecular weight excluding hydrogens is 330 g/mol. The van der Waals surface area contributed by atoms with Gasteiger partial charge in [-0.15, -0.1) is 0 Å². The van der Waals surface area contributed by atoms with Crippen molar-refractivity contribution in [2.45, 2.75) is 26.7 Å². The molecule has 0 aliphatic carbocycles. The Morgan fingerprint density at radius 2 is 1.37 bits per heavy atom. The zero-order valence-electron chi connectivity index (χ0n) is 15.8. The van der Waals surface area contributed by atoms with Gasteiger partial charge in [-0.25, -0.2) is 0 Å². The molecule has 0 unspecified atom stereocenters. The Morgan fingerprint density at radius 3 is 1.93 bits per heavy atom. The van der Waals surface area contributed by atoms with E-state index in [1.54, 1.807) is 6.08 Å². The van der Waals surface area contributed by atoms with Gasteiger partial charge >= 0.3 is 0 Å². The van der Waals surface area contributed by atoms with Crippen molar-refractivity contribution >= 4 is 27.6 Å². The molecule has 3 aromatic carbocycles. The maximum absolute atomic E-state index is 11.9. The number of carbonyl (C=O) groups is 1. The van der Waals surface area contributed by atoms with Gasteiger partial charge in [-0.1, -0.05) is 54.1 Å². The predicted molar refractivity (Wildman–Crippen MR) is 114 cm³/mol. The largest absolute Gasteiger partial charge is 0.309 e. The van der Waals surface area contributed by atoms with Crippen LogP contribution in [0.5, 0.6) is 0 Å². The van der Waals surface area contributed by atoms with Crippen molar-refractivity contribution < 1.29 is 4.79 Å². The molecule has 0 saturated heterocycles. The number of rotatable bonds is 5. The predicted octanol–water partition coefficient (Wildman–Crippen LogP) is 6.25. The fraction of sp³-hybridized carbons (Fsp3) is 0.160. The summed E-state index contributed by atoms with van der Waals surface area (Å²) in [6.45, 7) is 3.91. The molecule has 0 aliphatic heterocycles. The lowest BCUT2D eigenvalue weighted by Gasteiger charge is -2.09. The summed E-state index contributed by atoms with van der Waals surface area (Å²) in [6, 6.07) is 25.6. The van der Waals surface area contributed by atoms with Crippen LogP contribution in [0.1, 0.15) is 25.8 Å². The molecule has 0 bridgehead atoms. The van der Waals surface area contributed by atoms with E-state index < -0.39 is 0 Å². The van der Waals surface area contributed by atoms with Gasteiger partial charge in [0.15, 0.2) is 5.78 Å². The number of aryl methyl sites for hydroxylation is 1. The Morgan fingerprint density at radius 1 is 0.815 bits per heavy atom. The Balaban J connectivity index is 1.68. The van der Waals surface area contributed by atoms with Crippen LogP contribution in [0.4, 0.5) is 0 Å². The SMILES string of the molecule is CC(C)=CC(=O)CCc1ccc(-n2c3ccccc3c3ccccc32)cc1. The molecule has 2 heteroatoms. The number of hydrogen-bond donors (Lipinski definition) is 0. The molecule has 0 saturated carbocycles. The fourth-order valence-corrected chi connectivity index (χ4v) is 3.67. The molecule has 2 nitrogen and oxygen atoms in total. The second-order valence-corrected chi connectivity index (χ2v) is 7.22. The first-order chi connectivity index (χ1) is 13.1. The van der Waals surface area contributed by atoms with E-state index in [1.165, 1.54) is 27.4 Å². The molecule has 0 aliphatic rings. The van der Waals surface area contributed by atoms with Gasteiger partial charge in [0.1, 0.15) is 0 Å². The van der Waals surface area contributed by atoms with Crippen LogP contribution in [0.3, 0.4) is 0 Å². The number of allylic oxidation sites excluding steroid dienone is 2. The van der Waals surface area contributed by atoms with Crippen LogP contribution in [-0.2, 0) is 11.2 Å². The zero-order chi connectivity index (χ0) is 18.8. The van der Waals surface area contributed by atoms with Gasteiger partial charge in [-0.2, -0.15) is 0 Å². The van der Waals surface area contributed by atoms with Crippen molar-refractivity contribution in [1.82, 2.24) is 4.57 Å². The maximum atomic E-state index is 11.9. The van der Waals surface area contributed by atoms with Crippen LogP contribution in [0.2, 0.25) is 0 Å². The van der Waals surface area contributed by atoms with Crippen LogP contribution in [-0.4, -0.2) is 10.4 Å². The first-order valence-electron chi connectivity index (χ1n) is 9.39. The summed E-state index contributed by atoms with van der Waals surface area (Å²) in [5.41, 5.74) is 5.82. The van der Waals surface area contributed by atoms with Crippen molar-refractivity contribution in [3.63, 3.8) is 0 Å². The van der Waals surface area contributed by atoms with Gasteiger partial charge in [-0.05, 0) is 56.2 Å². The lowest BCUT2D eigenvalue weighted by molar-refractivity contribution is -0.114. The molecule has 0 fully saturated rings. The highest BCUT2D eigenvalue weighted by Crippen LogP contribution is 2.31. The Bertz CT molecular complexity index is 1090. The smallest absolute Gasteiger partial charge is 0.155 e. The number of para-hydroxylation sites is 2. The van der Waals surface area contributed by atoms with Gasteiger partial charge < -0.3 is 4.57 Å². The number of aromatic nitrogens is 1. The molecule has 0 spiro atoms. The summed E-state index contributed by atoms with van der Waals surface area (Å²) in [5.74, 6) is 0.196. The average Bonchev–Trinajstić information content (AvgIpc) is 3.01. The van der Waals surface area contributed by atoms with Crippen LogP contribution in [0.15, 0.2) is 84.4 Å². The van der Waals surface area contributed by atoms with Crippen molar-refractivity contribution in [2.75, 3.05) is 0 Å². The zero-order valence-corrected chi connectivity index (χ0v) is 15.8. The van der Waals surface area contributed by atoms with Crippen LogP contribution < -0.4 is 0 Å². The van der Waals surface area contributed by atoms with E-state index in [1.807, 2.05) is 13.8 Å². The molecule has 1 heterocycles. The normalized spacial score (nSPS) is 11.0. The van der Waals surface area contributed by atoms with E-state index >= 15 is 0 Å². The quantitative estimate of drug-likeness (QED) is 0.389. The molecule has 0 amide bonds. The fourth-order valence-electron chi connectivity index (χ4n) is 3.67. The molecule has 0 N–H and O–H groups in total. The molecule has 27 heavy (non-hydrogen) atoms. The van der Waals surface area contributed by atoms with Crippen molar-refractivity contribution in [2.24, 2.45) is 0 Å². The first kappa shape index (κ1) is 17.3. The molecule has 0 radical (unpaired) electrons. The minimum atomic E-state index is 0.196. The highest BCUT2D eigenvalue weighted by Gasteiger charge is 2.11. The number of fused-ring (bicyclic) bond motifs is 3. The van der Waals surface area contributed by atoms with Gasteiger partial charge in [0.05, 0.1) is 11.0 Å². The standard InChI is InChI=1S/C25H23NO/c1-18(2)17-21(27)16-13-19-11-14-20(15-12-19)26-24-9-5-3-7-22(24)23-8-4-6-10-25(23)26/h3-12,14-15,17H,13,16H2,1-2H3. The van der Waals surface area contributed by atoms with E-state index in [2.05, 4.69) is 77.4 Å². The second-order valence-electron chi connectivity index (χ2n) is 7.22. The molecule has 134 valence electrons. The number of ketones is 1. The Kier molecular flexibility index (Phi) is 4.64. The third kappa shape index (κ3) is 3.43. The maximum Gasteiger partial charge on any atom is 0.155 e. The third-order valence-corrected chi connectivity index (χ3v) is 4.88. The number of benzene rings is 3. The summed E-state index contributed by atoms with van der Waals surface area (Å²) in [4.78, 5) is 11.9. The molecular formula is C25H23NO. The lowest BCUT2D eigenvalue weighted by atomic mass is 10.1. The van der Waals surface area contributed by atoms with Crippen LogP contribution in [0.25, 0.3) is 27.5 Å². The summed E-state index contributed by atoms with van der Waals surface area (Å²) in [7, 11) is 0. The van der Waals surface area contributed by atoms with Gasteiger partial charge in [0.2, 0.25) is 0 Å². The minimum absolute atomic E-state index is 0.196. The molecule has 4 rings (SSSR count). The Labute approximate surface area is 159 Å². The Hall–Kier alpha value is -3.13. The topological polar surface area (TPSA) is 22.0 Å². The number of carbonyl (C=O) groups excluding carboxylic acids is 1.